The van der Waals surface area contributed by atoms with E-state index in [0.29, 0.717) is 11.1 Å². The Morgan fingerprint density at radius 1 is 1.50 bits per heavy atom. The predicted molar refractivity (Wildman–Crippen MR) is 74.2 cm³/mol. The van der Waals surface area contributed by atoms with Gasteiger partial charge >= 0.3 is 0 Å². The summed E-state index contributed by atoms with van der Waals surface area (Å²) in [5.74, 6) is 0. The topological polar surface area (TPSA) is 9.23 Å². The second-order valence-electron chi connectivity index (χ2n) is 6.30. The zero-order valence-corrected chi connectivity index (χ0v) is 12.5. The lowest BCUT2D eigenvalue weighted by atomic mass is 10.1. The molecule has 0 saturated carbocycles. The van der Waals surface area contributed by atoms with E-state index in [1.54, 1.807) is 0 Å². The highest BCUT2D eigenvalue weighted by Crippen LogP contribution is 2.39. The monoisotopic (exact) mass is 238 g/mol. The van der Waals surface area contributed by atoms with Gasteiger partial charge in [-0.25, -0.2) is 0 Å². The van der Waals surface area contributed by atoms with Crippen LogP contribution in [-0.2, 0) is 4.43 Å². The zero-order chi connectivity index (χ0) is 12.4. The molecule has 1 aliphatic carbocycles. The molecule has 0 aromatic rings. The summed E-state index contributed by atoms with van der Waals surface area (Å²) in [5, 5.41) is 0.314. The van der Waals surface area contributed by atoms with Crippen LogP contribution in [0.4, 0.5) is 0 Å². The molecule has 0 aromatic carbocycles. The van der Waals surface area contributed by atoms with E-state index in [2.05, 4.69) is 46.5 Å². The van der Waals surface area contributed by atoms with Crippen molar-refractivity contribution >= 4 is 8.32 Å². The Morgan fingerprint density at radius 2 is 2.12 bits per heavy atom. The molecule has 2 heteroatoms. The number of hydrogen-bond acceptors (Lipinski definition) is 1. The highest BCUT2D eigenvalue weighted by molar-refractivity contribution is 6.74. The highest BCUT2D eigenvalue weighted by Gasteiger charge is 2.39. The standard InChI is InChI=1S/C14H26OSi/c1-7-8-12-9-10-13(11-12)15-16(5,6)14(2,3)4/h7,9,13H,1,8,10-11H2,2-6H3. The molecule has 1 rings (SSSR count). The summed E-state index contributed by atoms with van der Waals surface area (Å²) >= 11 is 0. The Bertz CT molecular complexity index is 284. The second-order valence-corrected chi connectivity index (χ2v) is 11.1. The molecule has 1 unspecified atom stereocenters. The molecule has 0 bridgehead atoms. The summed E-state index contributed by atoms with van der Waals surface area (Å²) in [4.78, 5) is 0. The van der Waals surface area contributed by atoms with Crippen molar-refractivity contribution in [2.24, 2.45) is 0 Å². The van der Waals surface area contributed by atoms with Gasteiger partial charge in [-0.05, 0) is 37.4 Å². The number of rotatable bonds is 4. The van der Waals surface area contributed by atoms with E-state index in [4.69, 9.17) is 4.43 Å². The molecule has 0 amide bonds. The van der Waals surface area contributed by atoms with Crippen molar-refractivity contribution < 1.29 is 4.43 Å². The minimum Gasteiger partial charge on any atom is -0.413 e. The van der Waals surface area contributed by atoms with Crippen LogP contribution in [0.1, 0.15) is 40.0 Å². The summed E-state index contributed by atoms with van der Waals surface area (Å²) in [6.07, 6.45) is 7.97. The third kappa shape index (κ3) is 3.32. The van der Waals surface area contributed by atoms with E-state index in [9.17, 15) is 0 Å². The van der Waals surface area contributed by atoms with Gasteiger partial charge in [0, 0.05) is 0 Å². The smallest absolute Gasteiger partial charge is 0.192 e. The van der Waals surface area contributed by atoms with Gasteiger partial charge in [0.05, 0.1) is 6.10 Å². The maximum atomic E-state index is 6.39. The maximum Gasteiger partial charge on any atom is 0.192 e. The SMILES string of the molecule is C=CCC1=CCC(O[Si](C)(C)C(C)(C)C)C1. The van der Waals surface area contributed by atoms with Gasteiger partial charge in [0.1, 0.15) is 0 Å². The van der Waals surface area contributed by atoms with E-state index in [0.717, 1.165) is 19.3 Å². The maximum absolute atomic E-state index is 6.39. The first-order valence-electron chi connectivity index (χ1n) is 6.23. The van der Waals surface area contributed by atoms with Gasteiger partial charge in [-0.2, -0.15) is 0 Å². The van der Waals surface area contributed by atoms with Crippen LogP contribution in [0, 0.1) is 0 Å². The van der Waals surface area contributed by atoms with Crippen LogP contribution >= 0.6 is 0 Å². The summed E-state index contributed by atoms with van der Waals surface area (Å²) in [7, 11) is -1.58. The second kappa shape index (κ2) is 4.88. The van der Waals surface area contributed by atoms with E-state index >= 15 is 0 Å². The molecule has 0 saturated heterocycles. The Labute approximate surface area is 102 Å². The molecule has 0 aliphatic heterocycles. The summed E-state index contributed by atoms with van der Waals surface area (Å²) in [5.41, 5.74) is 1.50. The van der Waals surface area contributed by atoms with E-state index in [1.807, 2.05) is 6.08 Å². The minimum absolute atomic E-state index is 0.314. The molecular formula is C14H26OSi. The third-order valence-electron chi connectivity index (χ3n) is 3.83. The van der Waals surface area contributed by atoms with Crippen molar-refractivity contribution in [3.63, 3.8) is 0 Å². The van der Waals surface area contributed by atoms with Crippen LogP contribution < -0.4 is 0 Å². The Kier molecular flexibility index (Phi) is 4.19. The van der Waals surface area contributed by atoms with Gasteiger partial charge in [-0.1, -0.05) is 38.5 Å². The third-order valence-corrected chi connectivity index (χ3v) is 8.37. The lowest BCUT2D eigenvalue weighted by Gasteiger charge is -2.38. The molecule has 0 N–H and O–H groups in total. The molecule has 16 heavy (non-hydrogen) atoms. The van der Waals surface area contributed by atoms with Gasteiger partial charge in [0.2, 0.25) is 0 Å². The van der Waals surface area contributed by atoms with Crippen LogP contribution in [0.3, 0.4) is 0 Å². The molecule has 0 spiro atoms. The molecule has 0 fully saturated rings. The summed E-state index contributed by atoms with van der Waals surface area (Å²) < 4.78 is 6.39. The van der Waals surface area contributed by atoms with Crippen molar-refractivity contribution in [3.05, 3.63) is 24.3 Å². The van der Waals surface area contributed by atoms with Crippen molar-refractivity contribution in [1.82, 2.24) is 0 Å². The van der Waals surface area contributed by atoms with Gasteiger partial charge in [-0.15, -0.1) is 6.58 Å². The molecule has 1 nitrogen and oxygen atoms in total. The molecule has 92 valence electrons. The van der Waals surface area contributed by atoms with Crippen LogP contribution in [-0.4, -0.2) is 14.4 Å². The number of allylic oxidation sites excluding steroid dienone is 1. The Morgan fingerprint density at radius 3 is 2.62 bits per heavy atom. The normalized spacial score (nSPS) is 22.1. The fraction of sp³-hybridized carbons (Fsp3) is 0.714. The molecule has 0 radical (unpaired) electrons. The predicted octanol–water partition coefficient (Wildman–Crippen LogP) is 4.67. The first-order chi connectivity index (χ1) is 7.26. The molecule has 1 aliphatic rings. The number of hydrogen-bond donors (Lipinski definition) is 0. The van der Waals surface area contributed by atoms with E-state index in [1.165, 1.54) is 5.57 Å². The van der Waals surface area contributed by atoms with Crippen molar-refractivity contribution in [3.8, 4) is 0 Å². The van der Waals surface area contributed by atoms with Crippen LogP contribution in [0.2, 0.25) is 18.1 Å². The van der Waals surface area contributed by atoms with Gasteiger partial charge in [-0.3, -0.25) is 0 Å². The Balaban J connectivity index is 2.50. The van der Waals surface area contributed by atoms with Crippen molar-refractivity contribution in [2.45, 2.75) is 64.3 Å². The van der Waals surface area contributed by atoms with Crippen LogP contribution in [0.15, 0.2) is 24.3 Å². The fourth-order valence-corrected chi connectivity index (χ4v) is 3.16. The molecular weight excluding hydrogens is 212 g/mol. The summed E-state index contributed by atoms with van der Waals surface area (Å²) in [6.45, 7) is 15.3. The summed E-state index contributed by atoms with van der Waals surface area (Å²) in [6, 6.07) is 0. The first kappa shape index (κ1) is 13.7. The van der Waals surface area contributed by atoms with E-state index < -0.39 is 8.32 Å². The van der Waals surface area contributed by atoms with Crippen molar-refractivity contribution in [1.29, 1.82) is 0 Å². The largest absolute Gasteiger partial charge is 0.413 e. The highest BCUT2D eigenvalue weighted by atomic mass is 28.4. The molecule has 1 atom stereocenters. The van der Waals surface area contributed by atoms with Crippen LogP contribution in [0.5, 0.6) is 0 Å². The molecule has 0 aromatic heterocycles. The zero-order valence-electron chi connectivity index (χ0n) is 11.5. The van der Waals surface area contributed by atoms with Crippen LogP contribution in [0.25, 0.3) is 0 Å². The average molecular weight is 238 g/mol. The lowest BCUT2D eigenvalue weighted by Crippen LogP contribution is -2.43. The quantitative estimate of drug-likeness (QED) is 0.511. The Hall–Kier alpha value is -0.343. The van der Waals surface area contributed by atoms with Crippen molar-refractivity contribution in [2.75, 3.05) is 0 Å². The fourth-order valence-electron chi connectivity index (χ4n) is 1.79. The molecule has 0 heterocycles. The van der Waals surface area contributed by atoms with Gasteiger partial charge < -0.3 is 4.43 Å². The first-order valence-corrected chi connectivity index (χ1v) is 9.14. The minimum atomic E-state index is -1.58. The lowest BCUT2D eigenvalue weighted by molar-refractivity contribution is 0.192. The van der Waals surface area contributed by atoms with Gasteiger partial charge in [0.25, 0.3) is 0 Å². The van der Waals surface area contributed by atoms with Gasteiger partial charge in [0.15, 0.2) is 8.32 Å². The average Bonchev–Trinajstić information content (AvgIpc) is 2.50. The van der Waals surface area contributed by atoms with E-state index in [-0.39, 0.29) is 0 Å².